The molecule has 0 spiro atoms. The Morgan fingerprint density at radius 2 is 0.659 bits per heavy atom. The van der Waals surface area contributed by atoms with Crippen LogP contribution in [-0.4, -0.2) is 21.2 Å². The maximum Gasteiger partial charge on any atom is 0.540 e. The first-order valence-electron chi connectivity index (χ1n) is 19.5. The third-order valence-corrected chi connectivity index (χ3v) is 10.3. The molecule has 0 heterocycles. The van der Waals surface area contributed by atoms with Crippen molar-refractivity contribution in [1.29, 1.82) is 0 Å². The predicted molar refractivity (Wildman–Crippen MR) is 192 cm³/mol. The highest BCUT2D eigenvalue weighted by Gasteiger charge is 2.24. The molecule has 0 amide bonds. The summed E-state index contributed by atoms with van der Waals surface area (Å²) in [4.78, 5) is 24.7. The number of allylic oxidation sites excluding steroid dienone is 1. The van der Waals surface area contributed by atoms with Gasteiger partial charge in [-0.2, -0.15) is 0 Å². The second-order valence-electron chi connectivity index (χ2n) is 13.2. The standard InChI is InChI=1S/C39H75O4Si/c1-4-7-9-11-13-15-17-19-21-23-25-27-29-31-33-35-38(40)42-44(37-6-3)43-39(41)36-34-32-30-28-26-24-22-20-18-16-14-12-10-8-5-2/h6H,3-5,7-37H2,1-2H3. The third-order valence-electron chi connectivity index (χ3n) is 8.74. The van der Waals surface area contributed by atoms with Gasteiger partial charge in [-0.1, -0.05) is 200 Å². The molecular weight excluding hydrogens is 561 g/mol. The smallest absolute Gasteiger partial charge is 0.483 e. The highest BCUT2D eigenvalue weighted by molar-refractivity contribution is 6.49. The Morgan fingerprint density at radius 3 is 0.886 bits per heavy atom. The topological polar surface area (TPSA) is 52.6 Å². The SMILES string of the molecule is C=CC[Si](OC(=O)CCCCCCCCCCCCCCCCC)OC(=O)CCCCCCCCCCCCCCCCC. The van der Waals surface area contributed by atoms with Crippen LogP contribution in [0.3, 0.4) is 0 Å². The number of hydrogen-bond acceptors (Lipinski definition) is 4. The average molecular weight is 636 g/mol. The Bertz CT molecular complexity index is 575. The average Bonchev–Trinajstić information content (AvgIpc) is 3.01. The van der Waals surface area contributed by atoms with E-state index in [1.54, 1.807) is 6.08 Å². The quantitative estimate of drug-likeness (QED) is 0.0390. The van der Waals surface area contributed by atoms with E-state index in [9.17, 15) is 9.59 Å². The molecule has 0 saturated carbocycles. The molecule has 0 aliphatic heterocycles. The molecule has 0 unspecified atom stereocenters. The molecule has 0 rings (SSSR count). The zero-order valence-corrected chi connectivity index (χ0v) is 30.8. The number of carbonyl (C=O) groups is 2. The Morgan fingerprint density at radius 1 is 0.432 bits per heavy atom. The fraction of sp³-hybridized carbons (Fsp3) is 0.897. The molecule has 44 heavy (non-hydrogen) atoms. The van der Waals surface area contributed by atoms with Crippen molar-refractivity contribution in [2.75, 3.05) is 0 Å². The predicted octanol–water partition coefficient (Wildman–Crippen LogP) is 13.3. The maximum absolute atomic E-state index is 12.3. The van der Waals surface area contributed by atoms with Gasteiger partial charge in [0.05, 0.1) is 0 Å². The first-order valence-corrected chi connectivity index (χ1v) is 21.0. The van der Waals surface area contributed by atoms with E-state index in [2.05, 4.69) is 20.4 Å². The fourth-order valence-corrected chi connectivity index (χ4v) is 7.02. The number of carbonyl (C=O) groups excluding carboxylic acids is 2. The van der Waals surface area contributed by atoms with Crippen LogP contribution >= 0.6 is 0 Å². The van der Waals surface area contributed by atoms with E-state index in [0.29, 0.717) is 18.9 Å². The van der Waals surface area contributed by atoms with Crippen molar-refractivity contribution in [2.45, 2.75) is 225 Å². The Kier molecular flexibility index (Phi) is 35.5. The molecule has 4 nitrogen and oxygen atoms in total. The van der Waals surface area contributed by atoms with Crippen LogP contribution in [0.15, 0.2) is 12.7 Å². The van der Waals surface area contributed by atoms with Crippen molar-refractivity contribution in [3.8, 4) is 0 Å². The minimum atomic E-state index is -1.95. The van der Waals surface area contributed by atoms with Crippen LogP contribution < -0.4 is 0 Å². The summed E-state index contributed by atoms with van der Waals surface area (Å²) in [5, 5.41) is 0. The highest BCUT2D eigenvalue weighted by Crippen LogP contribution is 2.16. The van der Waals surface area contributed by atoms with Gasteiger partial charge in [0.1, 0.15) is 0 Å². The maximum atomic E-state index is 12.3. The van der Waals surface area contributed by atoms with Crippen molar-refractivity contribution in [2.24, 2.45) is 0 Å². The molecule has 0 aromatic rings. The van der Waals surface area contributed by atoms with Crippen molar-refractivity contribution in [3.05, 3.63) is 12.7 Å². The molecular formula is C39H75O4Si. The van der Waals surface area contributed by atoms with E-state index < -0.39 is 9.28 Å². The van der Waals surface area contributed by atoms with Crippen molar-refractivity contribution < 1.29 is 18.4 Å². The van der Waals surface area contributed by atoms with E-state index in [1.165, 1.54) is 167 Å². The number of rotatable bonds is 36. The van der Waals surface area contributed by atoms with E-state index in [1.807, 2.05) is 0 Å². The molecule has 0 N–H and O–H groups in total. The monoisotopic (exact) mass is 636 g/mol. The van der Waals surface area contributed by atoms with Crippen molar-refractivity contribution in [1.82, 2.24) is 0 Å². The second kappa shape index (κ2) is 36.4. The van der Waals surface area contributed by atoms with Crippen molar-refractivity contribution in [3.63, 3.8) is 0 Å². The van der Waals surface area contributed by atoms with E-state index in [4.69, 9.17) is 8.85 Å². The van der Waals surface area contributed by atoms with Crippen LogP contribution in [0, 0.1) is 0 Å². The molecule has 0 aromatic heterocycles. The van der Waals surface area contributed by atoms with E-state index >= 15 is 0 Å². The molecule has 5 heteroatoms. The Balaban J connectivity index is 3.61. The lowest BCUT2D eigenvalue weighted by Crippen LogP contribution is -2.28. The van der Waals surface area contributed by atoms with Crippen LogP contribution in [0.2, 0.25) is 6.04 Å². The minimum absolute atomic E-state index is 0.227. The summed E-state index contributed by atoms with van der Waals surface area (Å²) in [6.45, 7) is 8.30. The summed E-state index contributed by atoms with van der Waals surface area (Å²) in [5.74, 6) is -0.453. The highest BCUT2D eigenvalue weighted by atomic mass is 28.3. The molecule has 0 atom stereocenters. The molecule has 0 bridgehead atoms. The third kappa shape index (κ3) is 33.8. The number of hydrogen-bond donors (Lipinski definition) is 0. The van der Waals surface area contributed by atoms with Gasteiger partial charge in [-0.15, -0.1) is 6.58 Å². The van der Waals surface area contributed by atoms with Crippen LogP contribution in [0.1, 0.15) is 219 Å². The van der Waals surface area contributed by atoms with Gasteiger partial charge in [0.15, 0.2) is 0 Å². The molecule has 0 aliphatic rings. The summed E-state index contributed by atoms with van der Waals surface area (Å²) in [7, 11) is -1.95. The lowest BCUT2D eigenvalue weighted by Gasteiger charge is -2.13. The number of unbranched alkanes of at least 4 members (excludes halogenated alkanes) is 28. The summed E-state index contributed by atoms with van der Waals surface area (Å²) >= 11 is 0. The Labute approximate surface area is 277 Å². The minimum Gasteiger partial charge on any atom is -0.483 e. The van der Waals surface area contributed by atoms with Crippen LogP contribution in [0.5, 0.6) is 0 Å². The molecule has 1 radical (unpaired) electrons. The lowest BCUT2D eigenvalue weighted by atomic mass is 10.0. The zero-order valence-electron chi connectivity index (χ0n) is 29.8. The lowest BCUT2D eigenvalue weighted by molar-refractivity contribution is -0.140. The van der Waals surface area contributed by atoms with Crippen LogP contribution in [0.4, 0.5) is 0 Å². The normalized spacial score (nSPS) is 11.2. The summed E-state index contributed by atoms with van der Waals surface area (Å²) in [5.41, 5.74) is 0. The molecule has 0 aliphatic carbocycles. The van der Waals surface area contributed by atoms with Gasteiger partial charge >= 0.3 is 9.28 Å². The van der Waals surface area contributed by atoms with Gasteiger partial charge in [0.25, 0.3) is 11.9 Å². The van der Waals surface area contributed by atoms with Gasteiger partial charge in [-0.25, -0.2) is 0 Å². The van der Waals surface area contributed by atoms with Gasteiger partial charge in [-0.05, 0) is 12.8 Å². The molecule has 0 saturated heterocycles. The Hall–Kier alpha value is -1.10. The molecule has 0 fully saturated rings. The van der Waals surface area contributed by atoms with Gasteiger partial charge < -0.3 is 8.85 Å². The molecule has 259 valence electrons. The fourth-order valence-electron chi connectivity index (χ4n) is 5.86. The molecule has 0 aromatic carbocycles. The second-order valence-corrected chi connectivity index (χ2v) is 14.8. The van der Waals surface area contributed by atoms with Crippen LogP contribution in [0.25, 0.3) is 0 Å². The first-order chi connectivity index (χ1) is 21.6. The summed E-state index contributed by atoms with van der Waals surface area (Å²) < 4.78 is 11.1. The van der Waals surface area contributed by atoms with E-state index in [-0.39, 0.29) is 11.9 Å². The van der Waals surface area contributed by atoms with Crippen molar-refractivity contribution >= 4 is 21.2 Å². The largest absolute Gasteiger partial charge is 0.540 e. The van der Waals surface area contributed by atoms with Gasteiger partial charge in [0.2, 0.25) is 0 Å². The van der Waals surface area contributed by atoms with Gasteiger partial charge in [-0.3, -0.25) is 9.59 Å². The summed E-state index contributed by atoms with van der Waals surface area (Å²) in [6, 6.07) is 0.444. The van der Waals surface area contributed by atoms with Crippen LogP contribution in [-0.2, 0) is 18.4 Å². The zero-order chi connectivity index (χ0) is 32.2. The van der Waals surface area contributed by atoms with E-state index in [0.717, 1.165) is 25.7 Å². The first kappa shape index (κ1) is 42.9. The summed E-state index contributed by atoms with van der Waals surface area (Å²) in [6.07, 6.45) is 41.6. The van der Waals surface area contributed by atoms with Gasteiger partial charge in [0, 0.05) is 18.9 Å².